The van der Waals surface area contributed by atoms with Crippen LogP contribution in [-0.4, -0.2) is 24.4 Å². The Morgan fingerprint density at radius 1 is 1.46 bits per heavy atom. The van der Waals surface area contributed by atoms with E-state index >= 15 is 0 Å². The first-order valence-corrected chi connectivity index (χ1v) is 4.36. The van der Waals surface area contributed by atoms with Gasteiger partial charge in [-0.25, -0.2) is 0 Å². The Bertz CT molecular complexity index is 360. The summed E-state index contributed by atoms with van der Waals surface area (Å²) >= 11 is 0. The number of hydrogen-bond donors (Lipinski definition) is 0. The van der Waals surface area contributed by atoms with Gasteiger partial charge in [-0.05, 0) is 19.1 Å². The number of ketones is 1. The van der Waals surface area contributed by atoms with Crippen molar-refractivity contribution in [1.82, 2.24) is 4.98 Å². The van der Waals surface area contributed by atoms with Gasteiger partial charge >= 0.3 is 0 Å². The summed E-state index contributed by atoms with van der Waals surface area (Å²) in [6.45, 7) is 2.46. The topological polar surface area (TPSA) is 33.2 Å². The number of pyridine rings is 1. The minimum Gasteiger partial charge on any atom is -0.366 e. The van der Waals surface area contributed by atoms with Crippen molar-refractivity contribution in [2.45, 2.75) is 13.3 Å². The Kier molecular flexibility index (Phi) is 1.79. The number of hydrogen-bond acceptors (Lipinski definition) is 3. The summed E-state index contributed by atoms with van der Waals surface area (Å²) in [5.41, 5.74) is 2.98. The van der Waals surface area contributed by atoms with E-state index in [2.05, 4.69) is 4.98 Å². The van der Waals surface area contributed by atoms with Crippen LogP contribution >= 0.6 is 0 Å². The highest BCUT2D eigenvalue weighted by Gasteiger charge is 2.20. The van der Waals surface area contributed by atoms with Crippen LogP contribution in [0.25, 0.3) is 0 Å². The van der Waals surface area contributed by atoms with E-state index < -0.39 is 0 Å². The lowest BCUT2D eigenvalue weighted by Crippen LogP contribution is -2.32. The minimum absolute atomic E-state index is 0.244. The molecule has 0 atom stereocenters. The van der Waals surface area contributed by atoms with E-state index in [4.69, 9.17) is 0 Å². The summed E-state index contributed by atoms with van der Waals surface area (Å²) in [6, 6.07) is 4.01. The zero-order valence-corrected chi connectivity index (χ0v) is 7.87. The van der Waals surface area contributed by atoms with Gasteiger partial charge in [-0.2, -0.15) is 0 Å². The van der Waals surface area contributed by atoms with E-state index in [0.29, 0.717) is 13.0 Å². The van der Waals surface area contributed by atoms with E-state index in [1.807, 2.05) is 31.0 Å². The van der Waals surface area contributed by atoms with Gasteiger partial charge in [0.15, 0.2) is 5.78 Å². The maximum Gasteiger partial charge on any atom is 0.158 e. The lowest BCUT2D eigenvalue weighted by molar-refractivity contribution is -0.117. The summed E-state index contributed by atoms with van der Waals surface area (Å²) in [6.07, 6.45) is 0.487. The molecule has 0 amide bonds. The quantitative estimate of drug-likeness (QED) is 0.590. The van der Waals surface area contributed by atoms with Gasteiger partial charge in [0.05, 0.1) is 24.3 Å². The van der Waals surface area contributed by atoms with Gasteiger partial charge in [-0.15, -0.1) is 0 Å². The summed E-state index contributed by atoms with van der Waals surface area (Å²) in [4.78, 5) is 17.6. The molecule has 0 radical (unpaired) electrons. The summed E-state index contributed by atoms with van der Waals surface area (Å²) in [5, 5.41) is 0. The molecule has 0 unspecified atom stereocenters. The van der Waals surface area contributed by atoms with E-state index in [9.17, 15) is 4.79 Å². The summed E-state index contributed by atoms with van der Waals surface area (Å²) in [7, 11) is 1.92. The van der Waals surface area contributed by atoms with Gasteiger partial charge < -0.3 is 4.90 Å². The number of Topliss-reactive ketones (excluding diaryl/α,β-unsaturated/α-hetero) is 1. The molecule has 2 heterocycles. The fourth-order valence-electron chi connectivity index (χ4n) is 1.67. The Labute approximate surface area is 77.4 Å². The Balaban J connectivity index is 2.49. The third kappa shape index (κ3) is 1.41. The maximum atomic E-state index is 11.3. The number of aromatic nitrogens is 1. The van der Waals surface area contributed by atoms with Crippen molar-refractivity contribution in [3.05, 3.63) is 23.5 Å². The van der Waals surface area contributed by atoms with Crippen molar-refractivity contribution in [2.24, 2.45) is 0 Å². The van der Waals surface area contributed by atoms with Gasteiger partial charge in [0.2, 0.25) is 0 Å². The molecule has 0 bridgehead atoms. The third-order valence-corrected chi connectivity index (χ3v) is 2.28. The van der Waals surface area contributed by atoms with Crippen LogP contribution < -0.4 is 4.90 Å². The molecule has 0 aliphatic carbocycles. The Morgan fingerprint density at radius 3 is 3.00 bits per heavy atom. The molecule has 3 nitrogen and oxygen atoms in total. The highest BCUT2D eigenvalue weighted by Crippen LogP contribution is 2.22. The van der Waals surface area contributed by atoms with Crippen LogP contribution in [0.4, 0.5) is 5.69 Å². The maximum absolute atomic E-state index is 11.3. The van der Waals surface area contributed by atoms with E-state index in [1.54, 1.807) is 0 Å². The zero-order chi connectivity index (χ0) is 9.42. The van der Waals surface area contributed by atoms with Crippen LogP contribution in [0.2, 0.25) is 0 Å². The molecule has 3 heteroatoms. The second-order valence-corrected chi connectivity index (χ2v) is 3.49. The zero-order valence-electron chi connectivity index (χ0n) is 7.87. The predicted octanol–water partition coefficient (Wildman–Crippen LogP) is 0.951. The fraction of sp³-hybridized carbons (Fsp3) is 0.400. The van der Waals surface area contributed by atoms with E-state index in [-0.39, 0.29) is 5.78 Å². The van der Waals surface area contributed by atoms with Crippen LogP contribution in [0.15, 0.2) is 12.1 Å². The number of anilines is 1. The molecule has 0 aromatic carbocycles. The summed E-state index contributed by atoms with van der Waals surface area (Å²) < 4.78 is 0. The molecular weight excluding hydrogens is 164 g/mol. The molecule has 1 aliphatic rings. The van der Waals surface area contributed by atoms with Crippen LogP contribution in [0.1, 0.15) is 11.4 Å². The van der Waals surface area contributed by atoms with Crippen molar-refractivity contribution < 1.29 is 4.79 Å². The molecule has 0 fully saturated rings. The van der Waals surface area contributed by atoms with Crippen molar-refractivity contribution in [2.75, 3.05) is 18.5 Å². The number of carbonyl (C=O) groups is 1. The second-order valence-electron chi connectivity index (χ2n) is 3.49. The molecule has 0 saturated heterocycles. The van der Waals surface area contributed by atoms with Crippen molar-refractivity contribution in [3.63, 3.8) is 0 Å². The molecule has 0 saturated carbocycles. The number of fused-ring (bicyclic) bond motifs is 1. The number of rotatable bonds is 0. The molecular formula is C10H12N2O. The van der Waals surface area contributed by atoms with E-state index in [0.717, 1.165) is 17.1 Å². The Morgan fingerprint density at radius 2 is 2.23 bits per heavy atom. The Hall–Kier alpha value is -1.38. The van der Waals surface area contributed by atoms with E-state index in [1.165, 1.54) is 0 Å². The lowest BCUT2D eigenvalue weighted by Gasteiger charge is -2.25. The van der Waals surface area contributed by atoms with Crippen molar-refractivity contribution in [1.29, 1.82) is 0 Å². The lowest BCUT2D eigenvalue weighted by atomic mass is 10.1. The number of nitrogens with zero attached hydrogens (tertiary/aromatic N) is 2. The van der Waals surface area contributed by atoms with Crippen LogP contribution in [0.5, 0.6) is 0 Å². The second kappa shape index (κ2) is 2.83. The van der Waals surface area contributed by atoms with Crippen molar-refractivity contribution >= 4 is 11.5 Å². The monoisotopic (exact) mass is 176 g/mol. The molecule has 2 rings (SSSR count). The molecule has 0 N–H and O–H groups in total. The number of carbonyl (C=O) groups excluding carboxylic acids is 1. The third-order valence-electron chi connectivity index (χ3n) is 2.28. The first-order valence-electron chi connectivity index (χ1n) is 4.36. The highest BCUT2D eigenvalue weighted by atomic mass is 16.1. The molecule has 1 aromatic rings. The van der Waals surface area contributed by atoms with Gasteiger partial charge in [0.1, 0.15) is 0 Å². The molecule has 0 spiro atoms. The normalized spacial score (nSPS) is 15.8. The van der Waals surface area contributed by atoms with Crippen LogP contribution in [0, 0.1) is 6.92 Å². The molecule has 1 aliphatic heterocycles. The largest absolute Gasteiger partial charge is 0.366 e. The average molecular weight is 176 g/mol. The highest BCUT2D eigenvalue weighted by molar-refractivity contribution is 5.89. The number of likely N-dealkylation sites (N-methyl/N-ethyl adjacent to an activating group) is 1. The fourth-order valence-corrected chi connectivity index (χ4v) is 1.67. The predicted molar refractivity (Wildman–Crippen MR) is 51.0 cm³/mol. The first-order chi connectivity index (χ1) is 6.16. The minimum atomic E-state index is 0.244. The average Bonchev–Trinajstić information content (AvgIpc) is 2.02. The summed E-state index contributed by atoms with van der Waals surface area (Å²) in [5.74, 6) is 0.244. The van der Waals surface area contributed by atoms with Gasteiger partial charge in [0.25, 0.3) is 0 Å². The SMILES string of the molecule is Cc1ccc2c(n1)CC(=O)CN2C. The van der Waals surface area contributed by atoms with Gasteiger partial charge in [-0.3, -0.25) is 9.78 Å². The molecule has 68 valence electrons. The first kappa shape index (κ1) is 8.23. The van der Waals surface area contributed by atoms with Gasteiger partial charge in [0, 0.05) is 12.7 Å². The van der Waals surface area contributed by atoms with Crippen molar-refractivity contribution in [3.8, 4) is 0 Å². The number of aryl methyl sites for hydroxylation is 1. The smallest absolute Gasteiger partial charge is 0.158 e. The molecule has 13 heavy (non-hydrogen) atoms. The van der Waals surface area contributed by atoms with Crippen LogP contribution in [0.3, 0.4) is 0 Å². The molecule has 1 aromatic heterocycles. The van der Waals surface area contributed by atoms with Crippen LogP contribution in [-0.2, 0) is 11.2 Å². The standard InChI is InChI=1S/C10H12N2O/c1-7-3-4-10-9(11-7)5-8(13)6-12(10)2/h3-4H,5-6H2,1-2H3. The van der Waals surface area contributed by atoms with Gasteiger partial charge in [-0.1, -0.05) is 0 Å².